The van der Waals surface area contributed by atoms with Crippen LogP contribution in [0.25, 0.3) is 0 Å². The van der Waals surface area contributed by atoms with Gasteiger partial charge in [0.25, 0.3) is 5.91 Å². The Balaban J connectivity index is 2.19. The van der Waals surface area contributed by atoms with Gasteiger partial charge in [-0.2, -0.15) is 0 Å². The van der Waals surface area contributed by atoms with Crippen LogP contribution in [0.2, 0.25) is 0 Å². The first-order chi connectivity index (χ1) is 8.77. The Labute approximate surface area is 113 Å². The molecular formula is C13H19BN2O3. The van der Waals surface area contributed by atoms with Crippen LogP contribution in [0.4, 0.5) is 0 Å². The van der Waals surface area contributed by atoms with Crippen molar-refractivity contribution >= 4 is 18.6 Å². The standard InChI is InChI=1S/C13H19BN2O3/c1-12(2)13(3,4)19-14(18-12)10-7-6-9(8-16-10)11(17)15-5/h6-8H,1-5H3,(H,15,17). The number of rotatable bonds is 2. The van der Waals surface area contributed by atoms with Crippen LogP contribution in [-0.4, -0.2) is 36.3 Å². The zero-order chi connectivity index (χ0) is 14.3. The molecule has 2 rings (SSSR count). The van der Waals surface area contributed by atoms with Gasteiger partial charge in [-0.15, -0.1) is 0 Å². The van der Waals surface area contributed by atoms with E-state index in [9.17, 15) is 4.79 Å². The number of aromatic nitrogens is 1. The summed E-state index contributed by atoms with van der Waals surface area (Å²) < 4.78 is 11.8. The SMILES string of the molecule is CNC(=O)c1ccc(B2OC(C)(C)C(C)(C)O2)nc1. The molecule has 1 aliphatic heterocycles. The molecule has 1 N–H and O–H groups in total. The van der Waals surface area contributed by atoms with Crippen molar-refractivity contribution in [3.05, 3.63) is 23.9 Å². The van der Waals surface area contributed by atoms with Crippen LogP contribution >= 0.6 is 0 Å². The van der Waals surface area contributed by atoms with Gasteiger partial charge in [0.1, 0.15) is 0 Å². The van der Waals surface area contributed by atoms with E-state index in [4.69, 9.17) is 9.31 Å². The molecule has 1 amide bonds. The first kappa shape index (κ1) is 14.0. The zero-order valence-electron chi connectivity index (χ0n) is 12.0. The third-order valence-corrected chi connectivity index (χ3v) is 3.77. The molecule has 5 nitrogen and oxygen atoms in total. The van der Waals surface area contributed by atoms with Crippen LogP contribution in [0, 0.1) is 0 Å². The molecule has 0 aromatic carbocycles. The summed E-state index contributed by atoms with van der Waals surface area (Å²) in [6, 6.07) is 3.47. The van der Waals surface area contributed by atoms with Crippen LogP contribution in [0.5, 0.6) is 0 Å². The average molecular weight is 262 g/mol. The highest BCUT2D eigenvalue weighted by molar-refractivity contribution is 6.61. The van der Waals surface area contributed by atoms with E-state index in [0.29, 0.717) is 11.2 Å². The maximum atomic E-state index is 11.4. The summed E-state index contributed by atoms with van der Waals surface area (Å²) in [6.07, 6.45) is 1.53. The number of nitrogens with one attached hydrogen (secondary N) is 1. The van der Waals surface area contributed by atoms with E-state index in [2.05, 4.69) is 10.3 Å². The van der Waals surface area contributed by atoms with Crippen molar-refractivity contribution < 1.29 is 14.1 Å². The van der Waals surface area contributed by atoms with Crippen molar-refractivity contribution in [2.75, 3.05) is 7.05 Å². The Morgan fingerprint density at radius 3 is 2.21 bits per heavy atom. The second kappa shape index (κ2) is 4.61. The molecule has 1 fully saturated rings. The largest absolute Gasteiger partial charge is 0.514 e. The van der Waals surface area contributed by atoms with Gasteiger partial charge < -0.3 is 14.6 Å². The second-order valence-electron chi connectivity index (χ2n) is 5.64. The van der Waals surface area contributed by atoms with E-state index in [0.717, 1.165) is 0 Å². The Kier molecular flexibility index (Phi) is 3.41. The molecule has 2 heterocycles. The first-order valence-corrected chi connectivity index (χ1v) is 6.30. The third kappa shape index (κ3) is 2.50. The Hall–Kier alpha value is -1.40. The van der Waals surface area contributed by atoms with Gasteiger partial charge in [-0.1, -0.05) is 0 Å². The molecule has 0 aliphatic carbocycles. The van der Waals surface area contributed by atoms with Crippen molar-refractivity contribution in [1.82, 2.24) is 10.3 Å². The summed E-state index contributed by atoms with van der Waals surface area (Å²) in [5, 5.41) is 2.55. The summed E-state index contributed by atoms with van der Waals surface area (Å²) in [4.78, 5) is 15.7. The zero-order valence-corrected chi connectivity index (χ0v) is 12.0. The maximum Gasteiger partial charge on any atom is 0.514 e. The molecule has 0 unspecified atom stereocenters. The van der Waals surface area contributed by atoms with E-state index >= 15 is 0 Å². The lowest BCUT2D eigenvalue weighted by molar-refractivity contribution is 0.00578. The van der Waals surface area contributed by atoms with E-state index in [1.54, 1.807) is 19.2 Å². The van der Waals surface area contributed by atoms with Gasteiger partial charge in [-0.05, 0) is 39.8 Å². The fourth-order valence-corrected chi connectivity index (χ4v) is 1.79. The van der Waals surface area contributed by atoms with E-state index in [1.165, 1.54) is 6.20 Å². The van der Waals surface area contributed by atoms with Crippen molar-refractivity contribution in [2.45, 2.75) is 38.9 Å². The fourth-order valence-electron chi connectivity index (χ4n) is 1.79. The van der Waals surface area contributed by atoms with Gasteiger partial charge >= 0.3 is 7.12 Å². The van der Waals surface area contributed by atoms with Gasteiger partial charge in [0.2, 0.25) is 0 Å². The summed E-state index contributed by atoms with van der Waals surface area (Å²) in [6.45, 7) is 7.97. The van der Waals surface area contributed by atoms with Crippen LogP contribution in [0.15, 0.2) is 18.3 Å². The fraction of sp³-hybridized carbons (Fsp3) is 0.538. The third-order valence-electron chi connectivity index (χ3n) is 3.77. The summed E-state index contributed by atoms with van der Waals surface area (Å²) in [5.74, 6) is -0.159. The quantitative estimate of drug-likeness (QED) is 0.798. The average Bonchev–Trinajstić information content (AvgIpc) is 2.58. The van der Waals surface area contributed by atoms with Crippen LogP contribution in [-0.2, 0) is 9.31 Å². The van der Waals surface area contributed by atoms with Crippen LogP contribution < -0.4 is 10.9 Å². The molecule has 0 saturated carbocycles. The van der Waals surface area contributed by atoms with Gasteiger partial charge in [-0.25, -0.2) is 0 Å². The van der Waals surface area contributed by atoms with Crippen LogP contribution in [0.3, 0.4) is 0 Å². The molecule has 0 bridgehead atoms. The van der Waals surface area contributed by atoms with Crippen LogP contribution in [0.1, 0.15) is 38.1 Å². The van der Waals surface area contributed by atoms with Gasteiger partial charge in [0.05, 0.1) is 22.4 Å². The van der Waals surface area contributed by atoms with Crippen molar-refractivity contribution in [3.8, 4) is 0 Å². The number of hydrogen-bond donors (Lipinski definition) is 1. The molecule has 0 radical (unpaired) electrons. The minimum absolute atomic E-state index is 0.159. The predicted octanol–water partition coefficient (Wildman–Crippen LogP) is 0.740. The van der Waals surface area contributed by atoms with E-state index in [-0.39, 0.29) is 5.91 Å². The smallest absolute Gasteiger partial charge is 0.398 e. The number of nitrogens with zero attached hydrogens (tertiary/aromatic N) is 1. The Bertz CT molecular complexity index is 469. The summed E-state index contributed by atoms with van der Waals surface area (Å²) in [7, 11) is 1.09. The highest BCUT2D eigenvalue weighted by Crippen LogP contribution is 2.36. The van der Waals surface area contributed by atoms with E-state index < -0.39 is 18.3 Å². The number of amides is 1. The Morgan fingerprint density at radius 1 is 1.21 bits per heavy atom. The molecule has 1 saturated heterocycles. The Morgan fingerprint density at radius 2 is 1.79 bits per heavy atom. The number of pyridine rings is 1. The number of carbonyl (C=O) groups excluding carboxylic acids is 1. The molecule has 1 aromatic rings. The minimum Gasteiger partial charge on any atom is -0.398 e. The lowest BCUT2D eigenvalue weighted by Crippen LogP contribution is -2.41. The lowest BCUT2D eigenvalue weighted by atomic mass is 9.84. The van der Waals surface area contributed by atoms with Crippen molar-refractivity contribution in [1.29, 1.82) is 0 Å². The van der Waals surface area contributed by atoms with Gasteiger partial charge in [-0.3, -0.25) is 9.78 Å². The highest BCUT2D eigenvalue weighted by Gasteiger charge is 2.52. The maximum absolute atomic E-state index is 11.4. The topological polar surface area (TPSA) is 60.5 Å². The monoisotopic (exact) mass is 262 g/mol. The predicted molar refractivity (Wildman–Crippen MR) is 73.3 cm³/mol. The molecule has 1 aliphatic rings. The molecule has 0 atom stereocenters. The van der Waals surface area contributed by atoms with E-state index in [1.807, 2.05) is 27.7 Å². The minimum atomic E-state index is -0.497. The second-order valence-corrected chi connectivity index (χ2v) is 5.64. The van der Waals surface area contributed by atoms with Gasteiger partial charge in [0.15, 0.2) is 0 Å². The highest BCUT2D eigenvalue weighted by atomic mass is 16.7. The summed E-state index contributed by atoms with van der Waals surface area (Å²) >= 11 is 0. The lowest BCUT2D eigenvalue weighted by Gasteiger charge is -2.32. The number of hydrogen-bond acceptors (Lipinski definition) is 4. The molecule has 6 heteroatoms. The molecular weight excluding hydrogens is 243 g/mol. The summed E-state index contributed by atoms with van der Waals surface area (Å²) in [5.41, 5.74) is 0.409. The molecule has 1 aromatic heterocycles. The van der Waals surface area contributed by atoms with Gasteiger partial charge in [0, 0.05) is 13.2 Å². The molecule has 102 valence electrons. The number of carbonyl (C=O) groups is 1. The van der Waals surface area contributed by atoms with Crippen molar-refractivity contribution in [2.24, 2.45) is 0 Å². The van der Waals surface area contributed by atoms with Crippen molar-refractivity contribution in [3.63, 3.8) is 0 Å². The first-order valence-electron chi connectivity index (χ1n) is 6.30. The molecule has 19 heavy (non-hydrogen) atoms. The normalized spacial score (nSPS) is 20.4. The molecule has 0 spiro atoms.